The second-order valence-corrected chi connectivity index (χ2v) is 7.44. The third-order valence-corrected chi connectivity index (χ3v) is 5.61. The minimum atomic E-state index is -0.774. The van der Waals surface area contributed by atoms with Crippen molar-refractivity contribution in [3.63, 3.8) is 0 Å². The number of fused-ring (bicyclic) bond motifs is 1. The van der Waals surface area contributed by atoms with E-state index in [1.807, 2.05) is 41.8 Å². The van der Waals surface area contributed by atoms with E-state index in [1.54, 1.807) is 4.90 Å². The highest BCUT2D eigenvalue weighted by atomic mass is 32.1. The van der Waals surface area contributed by atoms with Gasteiger partial charge in [0.1, 0.15) is 10.6 Å². The maximum atomic E-state index is 12.6. The van der Waals surface area contributed by atoms with Crippen molar-refractivity contribution in [2.24, 2.45) is 0 Å². The molecule has 2 aromatic heterocycles. The summed E-state index contributed by atoms with van der Waals surface area (Å²) in [5.74, 6) is 1.06. The van der Waals surface area contributed by atoms with E-state index in [-0.39, 0.29) is 18.3 Å². The summed E-state index contributed by atoms with van der Waals surface area (Å²) in [6, 6.07) is 11.3. The third kappa shape index (κ3) is 3.72. The summed E-state index contributed by atoms with van der Waals surface area (Å²) < 4.78 is 0. The molecular formula is C19H21N5O2S. The Kier molecular flexibility index (Phi) is 4.91. The topological polar surface area (TPSA) is 95.6 Å². The number of carbonyl (C=O) groups is 1. The van der Waals surface area contributed by atoms with Crippen LogP contribution in [0, 0.1) is 0 Å². The van der Waals surface area contributed by atoms with Crippen LogP contribution in [0.2, 0.25) is 0 Å². The number of thiophene rings is 1. The summed E-state index contributed by atoms with van der Waals surface area (Å²) in [4.78, 5) is 26.1. The molecule has 0 bridgehead atoms. The number of amides is 1. The fourth-order valence-corrected chi connectivity index (χ4v) is 4.12. The fourth-order valence-electron chi connectivity index (χ4n) is 3.35. The van der Waals surface area contributed by atoms with Crippen LogP contribution in [-0.2, 0) is 4.79 Å². The average Bonchev–Trinajstić information content (AvgIpc) is 3.16. The molecule has 1 aliphatic rings. The van der Waals surface area contributed by atoms with Crippen LogP contribution in [0.1, 0.15) is 18.1 Å². The summed E-state index contributed by atoms with van der Waals surface area (Å²) in [7, 11) is 0. The van der Waals surface area contributed by atoms with Gasteiger partial charge in [-0.15, -0.1) is 11.3 Å². The minimum absolute atomic E-state index is 0.0334. The molecule has 1 aromatic carbocycles. The quantitative estimate of drug-likeness (QED) is 0.716. The van der Waals surface area contributed by atoms with E-state index in [1.165, 1.54) is 11.3 Å². The van der Waals surface area contributed by atoms with Gasteiger partial charge in [0.05, 0.1) is 17.9 Å². The third-order valence-electron chi connectivity index (χ3n) is 4.81. The Morgan fingerprint density at radius 3 is 2.63 bits per heavy atom. The van der Waals surface area contributed by atoms with E-state index < -0.39 is 6.10 Å². The number of nitrogens with two attached hydrogens (primary N) is 1. The number of nitrogen functional groups attached to an aromatic ring is 1. The highest BCUT2D eigenvalue weighted by Crippen LogP contribution is 2.29. The number of anilines is 2. The van der Waals surface area contributed by atoms with Crippen molar-refractivity contribution in [1.82, 2.24) is 14.9 Å². The molecule has 27 heavy (non-hydrogen) atoms. The Hall–Kier alpha value is -2.71. The fraction of sp³-hybridized carbons (Fsp3) is 0.316. The molecule has 0 saturated carbocycles. The lowest BCUT2D eigenvalue weighted by Gasteiger charge is -2.36. The molecule has 1 saturated heterocycles. The molecule has 0 spiro atoms. The van der Waals surface area contributed by atoms with Crippen LogP contribution in [-0.4, -0.2) is 52.1 Å². The predicted molar refractivity (Wildman–Crippen MR) is 107 cm³/mol. The molecule has 3 N–H and O–H groups in total. The maximum Gasteiger partial charge on any atom is 0.225 e. The molecular weight excluding hydrogens is 362 g/mol. The van der Waals surface area contributed by atoms with E-state index in [0.29, 0.717) is 26.2 Å². The zero-order valence-corrected chi connectivity index (χ0v) is 15.6. The normalized spacial score (nSPS) is 15.9. The average molecular weight is 383 g/mol. The summed E-state index contributed by atoms with van der Waals surface area (Å²) in [5.41, 5.74) is 6.61. The van der Waals surface area contributed by atoms with E-state index >= 15 is 0 Å². The van der Waals surface area contributed by atoms with Crippen LogP contribution in [0.15, 0.2) is 41.8 Å². The van der Waals surface area contributed by atoms with Crippen molar-refractivity contribution >= 4 is 39.2 Å². The van der Waals surface area contributed by atoms with Crippen LogP contribution in [0.3, 0.4) is 0 Å². The first-order valence-electron chi connectivity index (χ1n) is 8.88. The van der Waals surface area contributed by atoms with Crippen LogP contribution in [0.4, 0.5) is 11.8 Å². The van der Waals surface area contributed by atoms with Crippen molar-refractivity contribution in [2.45, 2.75) is 12.5 Å². The zero-order valence-electron chi connectivity index (χ0n) is 14.8. The summed E-state index contributed by atoms with van der Waals surface area (Å²) >= 11 is 1.54. The number of aliphatic hydroxyl groups is 1. The Morgan fingerprint density at radius 1 is 1.15 bits per heavy atom. The zero-order chi connectivity index (χ0) is 18.8. The lowest BCUT2D eigenvalue weighted by atomic mass is 10.1. The van der Waals surface area contributed by atoms with Gasteiger partial charge in [0.2, 0.25) is 11.9 Å². The molecule has 140 valence electrons. The summed E-state index contributed by atoms with van der Waals surface area (Å²) in [6.07, 6.45) is -0.678. The number of hydrogen-bond donors (Lipinski definition) is 2. The molecule has 8 heteroatoms. The molecule has 3 heterocycles. The van der Waals surface area contributed by atoms with E-state index in [2.05, 4.69) is 14.9 Å². The van der Waals surface area contributed by atoms with E-state index in [4.69, 9.17) is 5.73 Å². The predicted octanol–water partition coefficient (Wildman–Crippen LogP) is 2.05. The number of hydrogen-bond acceptors (Lipinski definition) is 7. The first-order chi connectivity index (χ1) is 13.1. The van der Waals surface area contributed by atoms with E-state index in [0.717, 1.165) is 21.6 Å². The molecule has 1 aliphatic heterocycles. The van der Waals surface area contributed by atoms with Crippen LogP contribution in [0.25, 0.3) is 10.2 Å². The number of benzene rings is 1. The van der Waals surface area contributed by atoms with Gasteiger partial charge in [-0.1, -0.05) is 30.3 Å². The van der Waals surface area contributed by atoms with Gasteiger partial charge in [0.15, 0.2) is 0 Å². The standard InChI is InChI=1S/C19H21N5O2S/c20-19-21-17(14-6-11-27-18(14)22-19)24-9-7-23(8-10-24)16(26)12-15(25)13-4-2-1-3-5-13/h1-6,11,15,25H,7-10,12H2,(H2,20,21,22)/t15-/m0/s1. The van der Waals surface area contributed by atoms with Gasteiger partial charge in [-0.05, 0) is 17.0 Å². The monoisotopic (exact) mass is 383 g/mol. The molecule has 3 aromatic rings. The van der Waals surface area contributed by atoms with Crippen molar-refractivity contribution in [3.05, 3.63) is 47.3 Å². The lowest BCUT2D eigenvalue weighted by Crippen LogP contribution is -2.49. The van der Waals surface area contributed by atoms with Gasteiger partial charge < -0.3 is 20.6 Å². The van der Waals surface area contributed by atoms with Crippen molar-refractivity contribution in [3.8, 4) is 0 Å². The highest BCUT2D eigenvalue weighted by molar-refractivity contribution is 7.16. The van der Waals surface area contributed by atoms with Gasteiger partial charge in [0, 0.05) is 26.2 Å². The van der Waals surface area contributed by atoms with E-state index in [9.17, 15) is 9.90 Å². The van der Waals surface area contributed by atoms with Gasteiger partial charge >= 0.3 is 0 Å². The van der Waals surface area contributed by atoms with Gasteiger partial charge in [0.25, 0.3) is 0 Å². The highest BCUT2D eigenvalue weighted by Gasteiger charge is 2.25. The van der Waals surface area contributed by atoms with Gasteiger partial charge in [-0.3, -0.25) is 4.79 Å². The number of aliphatic hydroxyl groups excluding tert-OH is 1. The van der Waals surface area contributed by atoms with Crippen molar-refractivity contribution < 1.29 is 9.90 Å². The Labute approximate surface area is 161 Å². The number of piperazine rings is 1. The van der Waals surface area contributed by atoms with Crippen molar-refractivity contribution in [1.29, 1.82) is 0 Å². The van der Waals surface area contributed by atoms with Gasteiger partial charge in [-0.25, -0.2) is 4.98 Å². The first kappa shape index (κ1) is 17.7. The molecule has 1 atom stereocenters. The largest absolute Gasteiger partial charge is 0.388 e. The van der Waals surface area contributed by atoms with Crippen LogP contribution >= 0.6 is 11.3 Å². The maximum absolute atomic E-state index is 12.6. The lowest BCUT2D eigenvalue weighted by molar-refractivity contribution is -0.133. The Morgan fingerprint density at radius 2 is 1.89 bits per heavy atom. The number of aromatic nitrogens is 2. The molecule has 0 aliphatic carbocycles. The Balaban J connectivity index is 1.40. The molecule has 4 rings (SSSR count). The number of rotatable bonds is 4. The molecule has 1 fully saturated rings. The second kappa shape index (κ2) is 7.50. The molecule has 0 unspecified atom stereocenters. The summed E-state index contributed by atoms with van der Waals surface area (Å²) in [5, 5.41) is 13.3. The second-order valence-electron chi connectivity index (χ2n) is 6.54. The van der Waals surface area contributed by atoms with Gasteiger partial charge in [-0.2, -0.15) is 4.98 Å². The van der Waals surface area contributed by atoms with Crippen LogP contribution in [0.5, 0.6) is 0 Å². The molecule has 0 radical (unpaired) electrons. The molecule has 7 nitrogen and oxygen atoms in total. The first-order valence-corrected chi connectivity index (χ1v) is 9.76. The number of nitrogens with zero attached hydrogens (tertiary/aromatic N) is 4. The SMILES string of the molecule is Nc1nc(N2CCN(C(=O)C[C@H](O)c3ccccc3)CC2)c2ccsc2n1. The number of carbonyl (C=O) groups excluding carboxylic acids is 1. The Bertz CT molecular complexity index is 938. The summed E-state index contributed by atoms with van der Waals surface area (Å²) in [6.45, 7) is 2.54. The minimum Gasteiger partial charge on any atom is -0.388 e. The molecule has 1 amide bonds. The van der Waals surface area contributed by atoms with Crippen molar-refractivity contribution in [2.75, 3.05) is 36.8 Å². The van der Waals surface area contributed by atoms with Crippen LogP contribution < -0.4 is 10.6 Å². The smallest absolute Gasteiger partial charge is 0.225 e.